The molecule has 1 N–H and O–H groups in total. The molecule has 0 heterocycles. The van der Waals surface area contributed by atoms with Gasteiger partial charge in [0.1, 0.15) is 11.5 Å². The Morgan fingerprint density at radius 1 is 0.833 bits per heavy atom. The first-order valence-corrected chi connectivity index (χ1v) is 9.65. The summed E-state index contributed by atoms with van der Waals surface area (Å²) in [5.74, 6) is 0.0871. The molecular formula is C23H27NO6. The van der Waals surface area contributed by atoms with Crippen LogP contribution in [0.2, 0.25) is 0 Å². The van der Waals surface area contributed by atoms with E-state index < -0.39 is 11.4 Å². The fraction of sp³-hybridized carbons (Fsp3) is 0.348. The number of esters is 1. The molecule has 0 aliphatic rings. The van der Waals surface area contributed by atoms with Crippen molar-refractivity contribution in [2.75, 3.05) is 25.1 Å². The van der Waals surface area contributed by atoms with Crippen LogP contribution in [-0.2, 0) is 14.3 Å². The molecule has 0 aliphatic heterocycles. The Bertz CT molecular complexity index is 866. The van der Waals surface area contributed by atoms with Crippen molar-refractivity contribution >= 4 is 23.3 Å². The first-order valence-electron chi connectivity index (χ1n) is 9.65. The third kappa shape index (κ3) is 7.24. The van der Waals surface area contributed by atoms with Gasteiger partial charge in [-0.05, 0) is 55.5 Å². The van der Waals surface area contributed by atoms with Gasteiger partial charge in [-0.2, -0.15) is 0 Å². The summed E-state index contributed by atoms with van der Waals surface area (Å²) >= 11 is 0. The number of hydrogen-bond donors (Lipinski definition) is 1. The number of Topliss-reactive ketones (excluding diaryl/α,β-unsaturated/α-hetero) is 1. The highest BCUT2D eigenvalue weighted by molar-refractivity contribution is 5.99. The lowest BCUT2D eigenvalue weighted by Crippen LogP contribution is -2.27. The van der Waals surface area contributed by atoms with Crippen LogP contribution in [0.5, 0.6) is 11.5 Å². The number of rotatable bonds is 9. The molecule has 7 nitrogen and oxygen atoms in total. The second-order valence-corrected chi connectivity index (χ2v) is 7.56. The first-order chi connectivity index (χ1) is 14.2. The van der Waals surface area contributed by atoms with Gasteiger partial charge in [0.05, 0.1) is 6.61 Å². The van der Waals surface area contributed by atoms with Crippen LogP contribution >= 0.6 is 0 Å². The van der Waals surface area contributed by atoms with Crippen molar-refractivity contribution in [3.05, 3.63) is 54.1 Å². The molecule has 0 radical (unpaired) electrons. The van der Waals surface area contributed by atoms with E-state index >= 15 is 0 Å². The summed E-state index contributed by atoms with van der Waals surface area (Å²) in [5.41, 5.74) is 0.451. The van der Waals surface area contributed by atoms with Crippen LogP contribution in [0.4, 0.5) is 5.69 Å². The number of nitrogens with one attached hydrogen (secondary N) is 1. The second-order valence-electron chi connectivity index (χ2n) is 7.56. The fourth-order valence-corrected chi connectivity index (χ4v) is 2.27. The van der Waals surface area contributed by atoms with Gasteiger partial charge in [0, 0.05) is 16.7 Å². The average molecular weight is 413 g/mol. The van der Waals surface area contributed by atoms with Crippen LogP contribution in [0.25, 0.3) is 0 Å². The molecule has 7 heteroatoms. The van der Waals surface area contributed by atoms with E-state index in [1.807, 2.05) is 27.7 Å². The monoisotopic (exact) mass is 413 g/mol. The minimum absolute atomic E-state index is 0.122. The van der Waals surface area contributed by atoms with Crippen molar-refractivity contribution < 1.29 is 28.6 Å². The van der Waals surface area contributed by atoms with Crippen LogP contribution in [0.1, 0.15) is 38.1 Å². The summed E-state index contributed by atoms with van der Waals surface area (Å²) in [6.45, 7) is 7.20. The molecule has 0 aromatic heterocycles. The summed E-state index contributed by atoms with van der Waals surface area (Å²) in [5, 5.41) is 2.78. The molecule has 2 aromatic rings. The van der Waals surface area contributed by atoms with E-state index in [4.69, 9.17) is 14.2 Å². The third-order valence-electron chi connectivity index (χ3n) is 4.00. The molecule has 0 spiro atoms. The Balaban J connectivity index is 1.77. The van der Waals surface area contributed by atoms with Gasteiger partial charge >= 0.3 is 5.97 Å². The maximum atomic E-state index is 12.2. The molecule has 2 rings (SSSR count). The van der Waals surface area contributed by atoms with Crippen LogP contribution in [0, 0.1) is 5.41 Å². The molecule has 0 saturated heterocycles. The molecule has 0 atom stereocenters. The second kappa shape index (κ2) is 10.4. The number of benzene rings is 2. The lowest BCUT2D eigenvalue weighted by molar-refractivity contribution is -0.144. The van der Waals surface area contributed by atoms with Crippen molar-refractivity contribution in [2.45, 2.75) is 27.7 Å². The highest BCUT2D eigenvalue weighted by Gasteiger charge is 2.21. The fourth-order valence-electron chi connectivity index (χ4n) is 2.27. The number of ketones is 1. The molecule has 0 saturated carbocycles. The highest BCUT2D eigenvalue weighted by Crippen LogP contribution is 2.19. The van der Waals surface area contributed by atoms with Gasteiger partial charge in [0.15, 0.2) is 19.0 Å². The molecule has 0 bridgehead atoms. The van der Waals surface area contributed by atoms with Gasteiger partial charge in [-0.3, -0.25) is 9.59 Å². The van der Waals surface area contributed by atoms with Crippen LogP contribution in [0.15, 0.2) is 48.5 Å². The van der Waals surface area contributed by atoms with Crippen LogP contribution < -0.4 is 14.8 Å². The average Bonchev–Trinajstić information content (AvgIpc) is 2.71. The summed E-state index contributed by atoms with van der Waals surface area (Å²) in [6, 6.07) is 13.3. The van der Waals surface area contributed by atoms with Crippen molar-refractivity contribution in [3.8, 4) is 11.5 Å². The van der Waals surface area contributed by atoms with E-state index in [-0.39, 0.29) is 24.9 Å². The highest BCUT2D eigenvalue weighted by atomic mass is 16.6. The smallest absolute Gasteiger partial charge is 0.344 e. The Labute approximate surface area is 176 Å². The van der Waals surface area contributed by atoms with E-state index in [9.17, 15) is 14.4 Å². The topological polar surface area (TPSA) is 90.9 Å². The number of carbonyl (C=O) groups is 3. The molecule has 2 aromatic carbocycles. The van der Waals surface area contributed by atoms with Gasteiger partial charge in [-0.15, -0.1) is 0 Å². The normalized spacial score (nSPS) is 10.8. The van der Waals surface area contributed by atoms with Crippen molar-refractivity contribution in [1.29, 1.82) is 0 Å². The van der Waals surface area contributed by atoms with E-state index in [1.54, 1.807) is 48.5 Å². The number of anilines is 1. The lowest BCUT2D eigenvalue weighted by atomic mass is 9.95. The van der Waals surface area contributed by atoms with Gasteiger partial charge in [-0.25, -0.2) is 4.79 Å². The van der Waals surface area contributed by atoms with E-state index in [2.05, 4.69) is 5.32 Å². The summed E-state index contributed by atoms with van der Waals surface area (Å²) in [4.78, 5) is 36.0. The lowest BCUT2D eigenvalue weighted by Gasteiger charge is -2.17. The van der Waals surface area contributed by atoms with Gasteiger partial charge in [0.25, 0.3) is 0 Å². The van der Waals surface area contributed by atoms with Gasteiger partial charge < -0.3 is 19.5 Å². The van der Waals surface area contributed by atoms with Crippen LogP contribution in [-0.4, -0.2) is 37.5 Å². The maximum Gasteiger partial charge on any atom is 0.344 e. The number of carbonyl (C=O) groups excluding carboxylic acids is 3. The summed E-state index contributed by atoms with van der Waals surface area (Å²) in [7, 11) is 0. The zero-order valence-corrected chi connectivity index (χ0v) is 17.7. The molecule has 0 fully saturated rings. The third-order valence-corrected chi connectivity index (χ3v) is 4.00. The standard InChI is InChI=1S/C23H27NO6/c1-5-28-18-10-12-19(13-11-18)29-15-21(26)30-14-20(25)16-6-8-17(9-7-16)24-22(27)23(2,3)4/h6-13H,5,14-15H2,1-4H3,(H,24,27). The van der Waals surface area contributed by atoms with E-state index in [0.29, 0.717) is 29.4 Å². The largest absolute Gasteiger partial charge is 0.494 e. The van der Waals surface area contributed by atoms with Gasteiger partial charge in [-0.1, -0.05) is 20.8 Å². The Morgan fingerprint density at radius 3 is 1.93 bits per heavy atom. The SMILES string of the molecule is CCOc1ccc(OCC(=O)OCC(=O)c2ccc(NC(=O)C(C)(C)C)cc2)cc1. The Morgan fingerprint density at radius 2 is 1.40 bits per heavy atom. The molecule has 30 heavy (non-hydrogen) atoms. The number of ether oxygens (including phenoxy) is 3. The summed E-state index contributed by atoms with van der Waals surface area (Å²) in [6.07, 6.45) is 0. The Hall–Kier alpha value is -3.35. The number of amides is 1. The van der Waals surface area contributed by atoms with E-state index in [1.165, 1.54) is 0 Å². The predicted molar refractivity (Wildman–Crippen MR) is 113 cm³/mol. The maximum absolute atomic E-state index is 12.2. The number of hydrogen-bond acceptors (Lipinski definition) is 6. The van der Waals surface area contributed by atoms with Crippen molar-refractivity contribution in [2.24, 2.45) is 5.41 Å². The minimum atomic E-state index is -0.647. The quantitative estimate of drug-likeness (QED) is 0.496. The molecule has 0 aliphatic carbocycles. The molecule has 0 unspecified atom stereocenters. The molecular weight excluding hydrogens is 386 g/mol. The Kier molecular flexibility index (Phi) is 7.98. The molecule has 160 valence electrons. The summed E-state index contributed by atoms with van der Waals surface area (Å²) < 4.78 is 15.6. The van der Waals surface area contributed by atoms with Gasteiger partial charge in [0.2, 0.25) is 5.91 Å². The first kappa shape index (κ1) is 22.9. The zero-order valence-electron chi connectivity index (χ0n) is 17.7. The van der Waals surface area contributed by atoms with E-state index in [0.717, 1.165) is 0 Å². The van der Waals surface area contributed by atoms with Crippen LogP contribution in [0.3, 0.4) is 0 Å². The zero-order chi connectivity index (χ0) is 22.1. The van der Waals surface area contributed by atoms with Crippen molar-refractivity contribution in [3.63, 3.8) is 0 Å². The predicted octanol–water partition coefficient (Wildman–Crippen LogP) is 3.87. The molecule has 1 amide bonds. The minimum Gasteiger partial charge on any atom is -0.494 e. The van der Waals surface area contributed by atoms with Crippen molar-refractivity contribution in [1.82, 2.24) is 0 Å².